The van der Waals surface area contributed by atoms with Crippen LogP contribution in [0.5, 0.6) is 5.75 Å². The van der Waals surface area contributed by atoms with Crippen LogP contribution in [0.4, 0.5) is 0 Å². The van der Waals surface area contributed by atoms with E-state index in [0.29, 0.717) is 11.8 Å². The average molecular weight is 316 g/mol. The lowest BCUT2D eigenvalue weighted by molar-refractivity contribution is 0.183. The van der Waals surface area contributed by atoms with Crippen LogP contribution in [-0.2, 0) is 12.8 Å². The third-order valence-electron chi connectivity index (χ3n) is 4.96. The van der Waals surface area contributed by atoms with Crippen molar-refractivity contribution in [2.24, 2.45) is 0 Å². The Kier molecular flexibility index (Phi) is 4.16. The van der Waals surface area contributed by atoms with E-state index < -0.39 is 0 Å². The minimum atomic E-state index is 0. The second kappa shape index (κ2) is 5.94. The molecule has 1 N–H and O–H groups in total. The van der Waals surface area contributed by atoms with Crippen LogP contribution in [0.2, 0.25) is 0 Å². The second-order valence-corrected chi connectivity index (χ2v) is 6.20. The largest absolute Gasteiger partial charge is 0.507 e. The van der Waals surface area contributed by atoms with Crippen molar-refractivity contribution < 1.29 is 5.11 Å². The summed E-state index contributed by atoms with van der Waals surface area (Å²) >= 11 is 0. The summed E-state index contributed by atoms with van der Waals surface area (Å²) in [6.07, 6.45) is 3.34. The normalized spacial score (nSPS) is 19.0. The molecule has 0 aromatic heterocycles. The van der Waals surface area contributed by atoms with E-state index in [0.717, 1.165) is 31.5 Å². The summed E-state index contributed by atoms with van der Waals surface area (Å²) in [5.41, 5.74) is 6.53. The highest BCUT2D eigenvalue weighted by molar-refractivity contribution is 5.85. The molecule has 0 amide bonds. The van der Waals surface area contributed by atoms with Crippen molar-refractivity contribution in [3.63, 3.8) is 0 Å². The first-order valence-electron chi connectivity index (χ1n) is 7.96. The first kappa shape index (κ1) is 15.4. The Labute approximate surface area is 138 Å². The Balaban J connectivity index is 0.00000144. The third-order valence-corrected chi connectivity index (χ3v) is 4.96. The number of hydrogen-bond donors (Lipinski definition) is 1. The van der Waals surface area contributed by atoms with Gasteiger partial charge in [0.25, 0.3) is 0 Å². The van der Waals surface area contributed by atoms with E-state index in [1.54, 1.807) is 0 Å². The molecule has 2 aliphatic rings. The molecule has 1 unspecified atom stereocenters. The van der Waals surface area contributed by atoms with Crippen molar-refractivity contribution in [1.29, 1.82) is 0 Å². The standard InChI is InChI=1S/C19H21NO.ClH/c1-2-10-20-11-9-13-5-3-7-15-18(13)16(20)12-14-6-4-8-17(21)19(14)15;/h3-8,16,21H,2,9-12H2,1H3;1H. The molecule has 2 aromatic carbocycles. The minimum Gasteiger partial charge on any atom is -0.507 e. The molecule has 116 valence electrons. The predicted octanol–water partition coefficient (Wildman–Crippen LogP) is 4.35. The van der Waals surface area contributed by atoms with Gasteiger partial charge in [-0.05, 0) is 54.1 Å². The maximum Gasteiger partial charge on any atom is 0.123 e. The molecule has 3 heteroatoms. The zero-order valence-electron chi connectivity index (χ0n) is 12.9. The number of phenolic OH excluding ortho intramolecular Hbond substituents is 1. The van der Waals surface area contributed by atoms with Crippen LogP contribution in [0.25, 0.3) is 11.1 Å². The highest BCUT2D eigenvalue weighted by Gasteiger charge is 2.34. The van der Waals surface area contributed by atoms with E-state index in [2.05, 4.69) is 36.1 Å². The summed E-state index contributed by atoms with van der Waals surface area (Å²) in [6, 6.07) is 13.0. The summed E-state index contributed by atoms with van der Waals surface area (Å²) < 4.78 is 0. The molecule has 0 radical (unpaired) electrons. The molecule has 0 saturated heterocycles. The number of nitrogens with zero attached hydrogens (tertiary/aromatic N) is 1. The lowest BCUT2D eigenvalue weighted by Crippen LogP contribution is -2.38. The molecule has 22 heavy (non-hydrogen) atoms. The van der Waals surface area contributed by atoms with E-state index in [1.807, 2.05) is 12.1 Å². The van der Waals surface area contributed by atoms with Gasteiger partial charge in [0, 0.05) is 18.2 Å². The lowest BCUT2D eigenvalue weighted by Gasteiger charge is -2.41. The molecule has 2 nitrogen and oxygen atoms in total. The fraction of sp³-hybridized carbons (Fsp3) is 0.368. The molecule has 4 rings (SSSR count). The molecule has 1 atom stereocenters. The van der Waals surface area contributed by atoms with E-state index in [-0.39, 0.29) is 12.4 Å². The summed E-state index contributed by atoms with van der Waals surface area (Å²) in [4.78, 5) is 2.62. The molecular formula is C19H22ClNO. The first-order valence-corrected chi connectivity index (χ1v) is 7.96. The number of hydrogen-bond acceptors (Lipinski definition) is 2. The number of fused-ring (bicyclic) bond motifs is 2. The van der Waals surface area contributed by atoms with Gasteiger partial charge in [0.1, 0.15) is 5.75 Å². The lowest BCUT2D eigenvalue weighted by atomic mass is 9.77. The van der Waals surface area contributed by atoms with Gasteiger partial charge in [0.2, 0.25) is 0 Å². The second-order valence-electron chi connectivity index (χ2n) is 6.20. The van der Waals surface area contributed by atoms with Gasteiger partial charge in [-0.25, -0.2) is 0 Å². The molecule has 0 bridgehead atoms. The van der Waals surface area contributed by atoms with Crippen molar-refractivity contribution in [3.05, 3.63) is 53.1 Å². The Morgan fingerprint density at radius 3 is 2.73 bits per heavy atom. The smallest absolute Gasteiger partial charge is 0.123 e. The summed E-state index contributed by atoms with van der Waals surface area (Å²) in [6.45, 7) is 4.57. The van der Waals surface area contributed by atoms with Crippen molar-refractivity contribution in [2.75, 3.05) is 13.1 Å². The summed E-state index contributed by atoms with van der Waals surface area (Å²) in [5.74, 6) is 0.423. The van der Waals surface area contributed by atoms with Crippen molar-refractivity contribution in [1.82, 2.24) is 4.90 Å². The van der Waals surface area contributed by atoms with Crippen molar-refractivity contribution in [2.45, 2.75) is 32.2 Å². The van der Waals surface area contributed by atoms with E-state index in [4.69, 9.17) is 0 Å². The van der Waals surface area contributed by atoms with Gasteiger partial charge in [-0.15, -0.1) is 12.4 Å². The molecular weight excluding hydrogens is 294 g/mol. The Morgan fingerprint density at radius 1 is 1.14 bits per heavy atom. The number of halogens is 1. The summed E-state index contributed by atoms with van der Waals surface area (Å²) in [7, 11) is 0. The van der Waals surface area contributed by atoms with Crippen molar-refractivity contribution >= 4 is 12.4 Å². The van der Waals surface area contributed by atoms with Crippen LogP contribution in [0.3, 0.4) is 0 Å². The Bertz CT molecular complexity index is 698. The van der Waals surface area contributed by atoms with Crippen molar-refractivity contribution in [3.8, 4) is 16.9 Å². The van der Waals surface area contributed by atoms with Crippen LogP contribution >= 0.6 is 12.4 Å². The average Bonchev–Trinajstić information content (AvgIpc) is 2.50. The fourth-order valence-corrected chi connectivity index (χ4v) is 4.11. The van der Waals surface area contributed by atoms with Gasteiger partial charge in [-0.1, -0.05) is 37.3 Å². The Morgan fingerprint density at radius 2 is 1.91 bits per heavy atom. The fourth-order valence-electron chi connectivity index (χ4n) is 4.11. The molecule has 1 aliphatic heterocycles. The third kappa shape index (κ3) is 2.22. The molecule has 1 heterocycles. The highest BCUT2D eigenvalue weighted by atomic mass is 35.5. The maximum atomic E-state index is 10.3. The van der Waals surface area contributed by atoms with Crippen LogP contribution in [0.1, 0.15) is 36.1 Å². The van der Waals surface area contributed by atoms with E-state index >= 15 is 0 Å². The number of aromatic hydroxyl groups is 1. The number of benzene rings is 2. The zero-order valence-corrected chi connectivity index (χ0v) is 13.7. The molecule has 0 spiro atoms. The van der Waals surface area contributed by atoms with E-state index in [1.165, 1.54) is 28.7 Å². The van der Waals surface area contributed by atoms with Crippen LogP contribution in [0, 0.1) is 0 Å². The monoisotopic (exact) mass is 315 g/mol. The zero-order chi connectivity index (χ0) is 14.4. The first-order chi connectivity index (χ1) is 10.3. The van der Waals surface area contributed by atoms with E-state index in [9.17, 15) is 5.11 Å². The minimum absolute atomic E-state index is 0. The Hall–Kier alpha value is -1.51. The van der Waals surface area contributed by atoms with Crippen LogP contribution < -0.4 is 0 Å². The summed E-state index contributed by atoms with van der Waals surface area (Å²) in [5, 5.41) is 10.3. The molecule has 2 aromatic rings. The number of phenols is 1. The van der Waals surface area contributed by atoms with Crippen LogP contribution in [0.15, 0.2) is 36.4 Å². The van der Waals surface area contributed by atoms with Gasteiger partial charge >= 0.3 is 0 Å². The SMILES string of the molecule is CCCN1CCc2cccc3c2C1Cc1cccc(O)c1-3.Cl. The predicted molar refractivity (Wildman–Crippen MR) is 92.8 cm³/mol. The molecule has 0 saturated carbocycles. The topological polar surface area (TPSA) is 23.5 Å². The maximum absolute atomic E-state index is 10.3. The van der Waals surface area contributed by atoms with Gasteiger partial charge in [0.05, 0.1) is 0 Å². The molecule has 1 aliphatic carbocycles. The van der Waals surface area contributed by atoms with Crippen LogP contribution in [-0.4, -0.2) is 23.1 Å². The molecule has 0 fully saturated rings. The van der Waals surface area contributed by atoms with Gasteiger partial charge in [-0.3, -0.25) is 4.90 Å². The van der Waals surface area contributed by atoms with Gasteiger partial charge < -0.3 is 5.11 Å². The van der Waals surface area contributed by atoms with Gasteiger partial charge in [-0.2, -0.15) is 0 Å². The number of rotatable bonds is 2. The quantitative estimate of drug-likeness (QED) is 0.890. The highest BCUT2D eigenvalue weighted by Crippen LogP contribution is 2.47. The van der Waals surface area contributed by atoms with Gasteiger partial charge in [0.15, 0.2) is 0 Å².